The number of carboxylic acids is 1. The molecule has 0 unspecified atom stereocenters. The predicted molar refractivity (Wildman–Crippen MR) is 80.4 cm³/mol. The third-order valence-corrected chi connectivity index (χ3v) is 3.65. The first kappa shape index (κ1) is 16.3. The van der Waals surface area contributed by atoms with Gasteiger partial charge in [-0.05, 0) is 57.2 Å². The predicted octanol–water partition coefficient (Wildman–Crippen LogP) is 2.33. The average molecular weight is 306 g/mol. The van der Waals surface area contributed by atoms with E-state index < -0.39 is 23.7 Å². The van der Waals surface area contributed by atoms with E-state index in [1.54, 1.807) is 33.2 Å². The second-order valence-electron chi connectivity index (χ2n) is 6.57. The van der Waals surface area contributed by atoms with Gasteiger partial charge < -0.3 is 9.84 Å². The van der Waals surface area contributed by atoms with Gasteiger partial charge in [0.25, 0.3) is 0 Å². The summed E-state index contributed by atoms with van der Waals surface area (Å²) in [7, 11) is 0. The van der Waals surface area contributed by atoms with Crippen molar-refractivity contribution < 1.29 is 19.4 Å². The van der Waals surface area contributed by atoms with Gasteiger partial charge in [-0.3, -0.25) is 9.88 Å². The Bertz CT molecular complexity index is 539. The van der Waals surface area contributed by atoms with E-state index in [1.807, 2.05) is 12.1 Å². The van der Waals surface area contributed by atoms with Crippen molar-refractivity contribution in [2.45, 2.75) is 45.3 Å². The van der Waals surface area contributed by atoms with Crippen molar-refractivity contribution in [1.29, 1.82) is 0 Å². The standard InChI is InChI=1S/C16H22N2O4/c1-16(2,3)22-15(21)18-9-6-12(13(18)14(19)20)10-11-4-7-17-8-5-11/h4-5,7-8,12-13H,6,9-10H2,1-3H3,(H,19,20)/t12-,13+/m0/s1. The Labute approximate surface area is 130 Å². The van der Waals surface area contributed by atoms with Crippen LogP contribution in [0.4, 0.5) is 4.79 Å². The van der Waals surface area contributed by atoms with Crippen LogP contribution >= 0.6 is 0 Å². The molecular weight excluding hydrogens is 284 g/mol. The molecule has 1 saturated heterocycles. The van der Waals surface area contributed by atoms with Gasteiger partial charge in [-0.2, -0.15) is 0 Å². The van der Waals surface area contributed by atoms with Crippen molar-refractivity contribution in [2.24, 2.45) is 5.92 Å². The number of pyridine rings is 1. The monoisotopic (exact) mass is 306 g/mol. The largest absolute Gasteiger partial charge is 0.480 e. The van der Waals surface area contributed by atoms with Crippen LogP contribution in [-0.4, -0.2) is 45.2 Å². The number of amides is 1. The van der Waals surface area contributed by atoms with Crippen molar-refractivity contribution in [3.05, 3.63) is 30.1 Å². The highest BCUT2D eigenvalue weighted by atomic mass is 16.6. The minimum absolute atomic E-state index is 0.118. The fraction of sp³-hybridized carbons (Fsp3) is 0.562. The van der Waals surface area contributed by atoms with Gasteiger partial charge in [0.05, 0.1) is 0 Å². The molecule has 0 saturated carbocycles. The Balaban J connectivity index is 2.11. The highest BCUT2D eigenvalue weighted by Gasteiger charge is 2.43. The van der Waals surface area contributed by atoms with Crippen LogP contribution in [0.25, 0.3) is 0 Å². The van der Waals surface area contributed by atoms with Crippen LogP contribution in [0.2, 0.25) is 0 Å². The summed E-state index contributed by atoms with van der Waals surface area (Å²) < 4.78 is 5.31. The van der Waals surface area contributed by atoms with E-state index in [4.69, 9.17) is 4.74 Å². The summed E-state index contributed by atoms with van der Waals surface area (Å²) >= 11 is 0. The Kier molecular flexibility index (Phi) is 4.68. The molecule has 0 spiro atoms. The van der Waals surface area contributed by atoms with Gasteiger partial charge in [-0.25, -0.2) is 9.59 Å². The molecule has 1 aromatic rings. The Morgan fingerprint density at radius 1 is 1.36 bits per heavy atom. The number of ether oxygens (including phenoxy) is 1. The molecule has 0 aliphatic carbocycles. The van der Waals surface area contributed by atoms with E-state index >= 15 is 0 Å². The van der Waals surface area contributed by atoms with Crippen molar-refractivity contribution in [3.8, 4) is 0 Å². The molecule has 1 aliphatic heterocycles. The molecular formula is C16H22N2O4. The van der Waals surface area contributed by atoms with Crippen molar-refractivity contribution >= 4 is 12.1 Å². The zero-order valence-corrected chi connectivity index (χ0v) is 13.2. The topological polar surface area (TPSA) is 79.7 Å². The summed E-state index contributed by atoms with van der Waals surface area (Å²) in [4.78, 5) is 29.1. The zero-order valence-electron chi connectivity index (χ0n) is 13.2. The van der Waals surface area contributed by atoms with Gasteiger partial charge in [0.1, 0.15) is 11.6 Å². The van der Waals surface area contributed by atoms with E-state index in [9.17, 15) is 14.7 Å². The van der Waals surface area contributed by atoms with Crippen molar-refractivity contribution in [3.63, 3.8) is 0 Å². The molecule has 2 heterocycles. The van der Waals surface area contributed by atoms with Gasteiger partial charge in [-0.1, -0.05) is 0 Å². The second kappa shape index (κ2) is 6.34. The molecule has 1 aromatic heterocycles. The molecule has 6 nitrogen and oxygen atoms in total. The second-order valence-corrected chi connectivity index (χ2v) is 6.57. The summed E-state index contributed by atoms with van der Waals surface area (Å²) in [6.45, 7) is 5.71. The summed E-state index contributed by atoms with van der Waals surface area (Å²) in [5, 5.41) is 9.52. The van der Waals surface area contributed by atoms with Gasteiger partial charge in [0, 0.05) is 18.9 Å². The highest BCUT2D eigenvalue weighted by Crippen LogP contribution is 2.29. The lowest BCUT2D eigenvalue weighted by Gasteiger charge is -2.28. The number of nitrogens with zero attached hydrogens (tertiary/aromatic N) is 2. The summed E-state index contributed by atoms with van der Waals surface area (Å²) in [6.07, 6.45) is 4.08. The maximum absolute atomic E-state index is 12.2. The minimum Gasteiger partial charge on any atom is -0.480 e. The molecule has 0 aromatic carbocycles. The zero-order chi connectivity index (χ0) is 16.3. The molecule has 22 heavy (non-hydrogen) atoms. The van der Waals surface area contributed by atoms with Crippen molar-refractivity contribution in [1.82, 2.24) is 9.88 Å². The van der Waals surface area contributed by atoms with E-state index in [0.717, 1.165) is 5.56 Å². The summed E-state index contributed by atoms with van der Waals surface area (Å²) in [6, 6.07) is 2.90. The maximum atomic E-state index is 12.2. The van der Waals surface area contributed by atoms with Crippen LogP contribution in [0.15, 0.2) is 24.5 Å². The molecule has 0 radical (unpaired) electrons. The van der Waals surface area contributed by atoms with E-state index in [1.165, 1.54) is 4.90 Å². The number of aliphatic carboxylic acids is 1. The van der Waals surface area contributed by atoms with E-state index in [0.29, 0.717) is 19.4 Å². The quantitative estimate of drug-likeness (QED) is 0.927. The molecule has 1 N–H and O–H groups in total. The number of carboxylic acid groups (broad SMARTS) is 1. The Morgan fingerprint density at radius 2 is 2.00 bits per heavy atom. The molecule has 1 fully saturated rings. The number of hydrogen-bond acceptors (Lipinski definition) is 4. The fourth-order valence-corrected chi connectivity index (χ4v) is 2.75. The van der Waals surface area contributed by atoms with Gasteiger partial charge >= 0.3 is 12.1 Å². The maximum Gasteiger partial charge on any atom is 0.411 e. The van der Waals surface area contributed by atoms with Crippen LogP contribution in [0, 0.1) is 5.92 Å². The summed E-state index contributed by atoms with van der Waals surface area (Å²) in [5.74, 6) is -1.10. The first-order valence-electron chi connectivity index (χ1n) is 7.39. The fourth-order valence-electron chi connectivity index (χ4n) is 2.75. The highest BCUT2D eigenvalue weighted by molar-refractivity contribution is 5.81. The number of hydrogen-bond donors (Lipinski definition) is 1. The molecule has 1 aliphatic rings. The smallest absolute Gasteiger partial charge is 0.411 e. The third-order valence-electron chi connectivity index (χ3n) is 3.65. The molecule has 1 amide bonds. The Morgan fingerprint density at radius 3 is 2.55 bits per heavy atom. The lowest BCUT2D eigenvalue weighted by atomic mass is 9.93. The SMILES string of the molecule is CC(C)(C)OC(=O)N1CC[C@@H](Cc2ccncc2)[C@@H]1C(=O)O. The van der Waals surface area contributed by atoms with Gasteiger partial charge in [0.15, 0.2) is 0 Å². The van der Waals surface area contributed by atoms with Crippen LogP contribution in [-0.2, 0) is 16.0 Å². The molecule has 6 heteroatoms. The Hall–Kier alpha value is -2.11. The number of carbonyl (C=O) groups excluding carboxylic acids is 1. The molecule has 2 atom stereocenters. The number of carbonyl (C=O) groups is 2. The molecule has 120 valence electrons. The number of rotatable bonds is 3. The number of likely N-dealkylation sites (tertiary alicyclic amines) is 1. The van der Waals surface area contributed by atoms with Crippen LogP contribution < -0.4 is 0 Å². The lowest BCUT2D eigenvalue weighted by molar-refractivity contribution is -0.143. The average Bonchev–Trinajstić information content (AvgIpc) is 2.82. The number of aromatic nitrogens is 1. The first-order chi connectivity index (χ1) is 10.3. The van der Waals surface area contributed by atoms with Crippen LogP contribution in [0.1, 0.15) is 32.8 Å². The first-order valence-corrected chi connectivity index (χ1v) is 7.39. The van der Waals surface area contributed by atoms with Crippen molar-refractivity contribution in [2.75, 3.05) is 6.54 Å². The third kappa shape index (κ3) is 3.96. The minimum atomic E-state index is -0.984. The molecule has 2 rings (SSSR count). The van der Waals surface area contributed by atoms with Gasteiger partial charge in [-0.15, -0.1) is 0 Å². The van der Waals surface area contributed by atoms with Gasteiger partial charge in [0.2, 0.25) is 0 Å². The van der Waals surface area contributed by atoms with E-state index in [-0.39, 0.29) is 5.92 Å². The summed E-state index contributed by atoms with van der Waals surface area (Å²) in [5.41, 5.74) is 0.390. The van der Waals surface area contributed by atoms with Crippen LogP contribution in [0.3, 0.4) is 0 Å². The molecule has 0 bridgehead atoms. The lowest BCUT2D eigenvalue weighted by Crippen LogP contribution is -2.45. The van der Waals surface area contributed by atoms with Crippen LogP contribution in [0.5, 0.6) is 0 Å². The van der Waals surface area contributed by atoms with E-state index in [2.05, 4.69) is 4.98 Å². The normalized spacial score (nSPS) is 21.7.